The third-order valence-corrected chi connectivity index (χ3v) is 7.61. The molecule has 3 atom stereocenters. The maximum Gasteiger partial charge on any atom is 0.257 e. The summed E-state index contributed by atoms with van der Waals surface area (Å²) >= 11 is 0. The monoisotopic (exact) mass is 653 g/mol. The van der Waals surface area contributed by atoms with Crippen LogP contribution in [0, 0.1) is 5.92 Å². The Hall–Kier alpha value is -4.65. The third-order valence-electron chi connectivity index (χ3n) is 7.61. The molecule has 47 heavy (non-hydrogen) atoms. The molecule has 0 saturated heterocycles. The van der Waals surface area contributed by atoms with E-state index in [1.54, 1.807) is 12.1 Å². The van der Waals surface area contributed by atoms with E-state index in [0.717, 1.165) is 11.1 Å². The standard InChI is InChI=1S/C34H47N5O8/c1-22(2)31-34(44)36-17-8-12-24-14-15-27(46-4)28(19-24)47-21-29(40)35-16-9-13-25(37-30(41)20-45-3)32(42)38-26(33(43)39-31)18-23-10-6-5-7-11-23/h5-7,10-11,14-15,19,22,25-26,31H,8-9,12-13,16-18,20-21H2,1-4H3,(H,35,40)(H,36,44)(H,37,41)(H,38,42)(H,39,43)/t25-,26-,31+/m0/s1. The van der Waals surface area contributed by atoms with Gasteiger partial charge in [0.25, 0.3) is 5.91 Å². The van der Waals surface area contributed by atoms with Crippen LogP contribution in [0.2, 0.25) is 0 Å². The van der Waals surface area contributed by atoms with Crippen LogP contribution in [0.15, 0.2) is 48.5 Å². The van der Waals surface area contributed by atoms with E-state index in [4.69, 9.17) is 14.2 Å². The number of fused-ring (bicyclic) bond motifs is 2. The minimum Gasteiger partial charge on any atom is -0.493 e. The molecule has 5 N–H and O–H groups in total. The number of hydrogen-bond acceptors (Lipinski definition) is 8. The van der Waals surface area contributed by atoms with Gasteiger partial charge in [0.05, 0.1) is 7.11 Å². The quantitative estimate of drug-likeness (QED) is 0.295. The zero-order valence-electron chi connectivity index (χ0n) is 27.6. The van der Waals surface area contributed by atoms with E-state index < -0.39 is 35.8 Å². The second-order valence-electron chi connectivity index (χ2n) is 11.7. The fraction of sp³-hybridized carbons (Fsp3) is 0.500. The van der Waals surface area contributed by atoms with Gasteiger partial charge in [0.2, 0.25) is 23.6 Å². The van der Waals surface area contributed by atoms with Crippen LogP contribution in [0.1, 0.15) is 44.2 Å². The molecule has 0 saturated carbocycles. The molecular formula is C34H47N5O8. The molecule has 3 rings (SSSR count). The van der Waals surface area contributed by atoms with Crippen molar-refractivity contribution < 1.29 is 38.2 Å². The molecule has 13 nitrogen and oxygen atoms in total. The first-order chi connectivity index (χ1) is 22.6. The highest BCUT2D eigenvalue weighted by Crippen LogP contribution is 2.28. The van der Waals surface area contributed by atoms with Crippen LogP contribution in [0.3, 0.4) is 0 Å². The van der Waals surface area contributed by atoms with Gasteiger partial charge in [-0.2, -0.15) is 0 Å². The largest absolute Gasteiger partial charge is 0.493 e. The van der Waals surface area contributed by atoms with Crippen molar-refractivity contribution in [1.82, 2.24) is 26.6 Å². The van der Waals surface area contributed by atoms with Crippen LogP contribution < -0.4 is 36.1 Å². The van der Waals surface area contributed by atoms with Gasteiger partial charge in [0.15, 0.2) is 18.1 Å². The molecule has 5 amide bonds. The van der Waals surface area contributed by atoms with E-state index >= 15 is 0 Å². The van der Waals surface area contributed by atoms with E-state index in [0.29, 0.717) is 37.3 Å². The topological polar surface area (TPSA) is 173 Å². The number of carbonyl (C=O) groups excluding carboxylic acids is 5. The zero-order chi connectivity index (χ0) is 34.2. The lowest BCUT2D eigenvalue weighted by molar-refractivity contribution is -0.134. The predicted octanol–water partition coefficient (Wildman–Crippen LogP) is 1.03. The first-order valence-corrected chi connectivity index (χ1v) is 15.9. The molecule has 0 radical (unpaired) electrons. The number of nitrogens with one attached hydrogen (secondary N) is 5. The highest BCUT2D eigenvalue weighted by atomic mass is 16.5. The lowest BCUT2D eigenvalue weighted by Gasteiger charge is -2.27. The van der Waals surface area contributed by atoms with Crippen molar-refractivity contribution in [3.05, 3.63) is 59.7 Å². The SMILES string of the molecule is COCC(=O)N[C@H]1CCCNC(=O)COc2cc(ccc2OC)CCCNC(=O)[C@@H](C(C)C)NC(=O)[C@H](Cc2ccccc2)NC1=O. The molecule has 256 valence electrons. The summed E-state index contributed by atoms with van der Waals surface area (Å²) in [6, 6.07) is 11.7. The molecule has 2 aromatic rings. The van der Waals surface area contributed by atoms with Gasteiger partial charge in [-0.05, 0) is 54.9 Å². The predicted molar refractivity (Wildman–Crippen MR) is 175 cm³/mol. The van der Waals surface area contributed by atoms with Crippen LogP contribution in [-0.4, -0.2) is 88.2 Å². The first-order valence-electron chi connectivity index (χ1n) is 15.9. The smallest absolute Gasteiger partial charge is 0.257 e. The number of benzene rings is 2. The van der Waals surface area contributed by atoms with Gasteiger partial charge in [0, 0.05) is 26.6 Å². The number of carbonyl (C=O) groups is 5. The summed E-state index contributed by atoms with van der Waals surface area (Å²) in [7, 11) is 2.88. The Bertz CT molecular complexity index is 1350. The number of rotatable bonds is 7. The molecule has 2 aromatic carbocycles. The average molecular weight is 654 g/mol. The molecule has 1 aliphatic rings. The Morgan fingerprint density at radius 2 is 1.68 bits per heavy atom. The van der Waals surface area contributed by atoms with E-state index in [2.05, 4.69) is 26.6 Å². The Balaban J connectivity index is 1.87. The maximum atomic E-state index is 13.7. The zero-order valence-corrected chi connectivity index (χ0v) is 27.6. The summed E-state index contributed by atoms with van der Waals surface area (Å²) in [6.45, 7) is 3.72. The van der Waals surface area contributed by atoms with Crippen LogP contribution in [0.25, 0.3) is 0 Å². The van der Waals surface area contributed by atoms with Crippen molar-refractivity contribution in [2.45, 2.75) is 64.1 Å². The van der Waals surface area contributed by atoms with E-state index in [1.165, 1.54) is 14.2 Å². The van der Waals surface area contributed by atoms with Crippen LogP contribution in [-0.2, 0) is 41.6 Å². The lowest BCUT2D eigenvalue weighted by atomic mass is 10.00. The van der Waals surface area contributed by atoms with E-state index in [1.807, 2.05) is 50.2 Å². The molecular weight excluding hydrogens is 606 g/mol. The van der Waals surface area contributed by atoms with Gasteiger partial charge in [-0.1, -0.05) is 50.2 Å². The van der Waals surface area contributed by atoms with Gasteiger partial charge < -0.3 is 40.8 Å². The van der Waals surface area contributed by atoms with Crippen molar-refractivity contribution in [1.29, 1.82) is 0 Å². The highest BCUT2D eigenvalue weighted by Gasteiger charge is 2.31. The molecule has 0 unspecified atom stereocenters. The normalized spacial score (nSPS) is 20.7. The van der Waals surface area contributed by atoms with E-state index in [-0.39, 0.29) is 50.3 Å². The van der Waals surface area contributed by atoms with Crippen LogP contribution in [0.5, 0.6) is 11.5 Å². The minimum atomic E-state index is -1.04. The minimum absolute atomic E-state index is 0.156. The average Bonchev–Trinajstić information content (AvgIpc) is 3.05. The summed E-state index contributed by atoms with van der Waals surface area (Å²) in [5.74, 6) is -1.68. The van der Waals surface area contributed by atoms with E-state index in [9.17, 15) is 24.0 Å². The fourth-order valence-electron chi connectivity index (χ4n) is 5.09. The Morgan fingerprint density at radius 3 is 2.38 bits per heavy atom. The molecule has 0 aliphatic carbocycles. The van der Waals surface area contributed by atoms with Crippen molar-refractivity contribution in [2.24, 2.45) is 5.92 Å². The van der Waals surface area contributed by atoms with Gasteiger partial charge in [-0.25, -0.2) is 0 Å². The summed E-state index contributed by atoms with van der Waals surface area (Å²) in [5, 5.41) is 14.0. The van der Waals surface area contributed by atoms with Gasteiger partial charge in [-0.15, -0.1) is 0 Å². The summed E-state index contributed by atoms with van der Waals surface area (Å²) in [6.07, 6.45) is 1.89. The van der Waals surface area contributed by atoms with Gasteiger partial charge in [0.1, 0.15) is 24.7 Å². The Kier molecular flexibility index (Phi) is 15.0. The molecule has 2 bridgehead atoms. The summed E-state index contributed by atoms with van der Waals surface area (Å²) < 4.78 is 16.1. The second kappa shape index (κ2) is 19.1. The number of hydrogen-bond donors (Lipinski definition) is 5. The van der Waals surface area contributed by atoms with Gasteiger partial charge >= 0.3 is 0 Å². The molecule has 0 aromatic heterocycles. The number of aryl methyl sites for hydroxylation is 1. The Labute approximate surface area is 275 Å². The maximum absolute atomic E-state index is 13.7. The Morgan fingerprint density at radius 1 is 0.936 bits per heavy atom. The lowest BCUT2D eigenvalue weighted by Crippen LogP contribution is -2.58. The highest BCUT2D eigenvalue weighted by molar-refractivity contribution is 5.94. The second-order valence-corrected chi connectivity index (χ2v) is 11.7. The number of ether oxygens (including phenoxy) is 3. The molecule has 13 heteroatoms. The van der Waals surface area contributed by atoms with Crippen LogP contribution >= 0.6 is 0 Å². The fourth-order valence-corrected chi connectivity index (χ4v) is 5.09. The number of methoxy groups -OCH3 is 2. The molecule has 0 fully saturated rings. The van der Waals surface area contributed by atoms with Crippen LogP contribution in [0.4, 0.5) is 0 Å². The number of amides is 5. The van der Waals surface area contributed by atoms with Crippen molar-refractivity contribution in [3.63, 3.8) is 0 Å². The molecule has 1 aliphatic heterocycles. The molecule has 0 spiro atoms. The van der Waals surface area contributed by atoms with Crippen molar-refractivity contribution in [3.8, 4) is 11.5 Å². The third kappa shape index (κ3) is 12.2. The van der Waals surface area contributed by atoms with Crippen molar-refractivity contribution in [2.75, 3.05) is 40.5 Å². The van der Waals surface area contributed by atoms with Gasteiger partial charge in [-0.3, -0.25) is 24.0 Å². The first kappa shape index (κ1) is 36.8. The molecule has 1 heterocycles. The summed E-state index contributed by atoms with van der Waals surface area (Å²) in [5.41, 5.74) is 1.74. The van der Waals surface area contributed by atoms with Crippen molar-refractivity contribution >= 4 is 29.5 Å². The summed E-state index contributed by atoms with van der Waals surface area (Å²) in [4.78, 5) is 65.6.